The van der Waals surface area contributed by atoms with E-state index in [0.717, 1.165) is 0 Å². The van der Waals surface area contributed by atoms with Gasteiger partial charge in [0, 0.05) is 10.6 Å². The summed E-state index contributed by atoms with van der Waals surface area (Å²) in [7, 11) is 0. The minimum Gasteiger partial charge on any atom is -0.363 e. The molecule has 0 unspecified atom stereocenters. The summed E-state index contributed by atoms with van der Waals surface area (Å²) in [6.07, 6.45) is -5.31. The van der Waals surface area contributed by atoms with Gasteiger partial charge in [-0.1, -0.05) is 60.1 Å². The van der Waals surface area contributed by atoms with Gasteiger partial charge in [-0.15, -0.1) is 0 Å². The van der Waals surface area contributed by atoms with Crippen LogP contribution in [0, 0.1) is 5.92 Å². The minimum absolute atomic E-state index is 0.0415. The Hall–Kier alpha value is -2.58. The highest BCUT2D eigenvalue weighted by atomic mass is 35.5. The van der Waals surface area contributed by atoms with Crippen LogP contribution in [0.3, 0.4) is 0 Å². The molecule has 9 heteroatoms. The maximum atomic E-state index is 13.7. The third-order valence-electron chi connectivity index (χ3n) is 4.39. The zero-order chi connectivity index (χ0) is 19.8. The van der Waals surface area contributed by atoms with Crippen molar-refractivity contribution >= 4 is 23.4 Å². The molecule has 2 aromatic rings. The molecule has 1 aliphatic rings. The molecule has 1 saturated heterocycles. The van der Waals surface area contributed by atoms with Crippen LogP contribution < -0.4 is 10.6 Å². The number of alkyl halides is 3. The molecule has 0 aromatic heterocycles. The summed E-state index contributed by atoms with van der Waals surface area (Å²) in [5, 5.41) is 14.2. The SMILES string of the molecule is O=C1N[C@H](c2ccccc2Cl)[C@@H](C(=O)c2ccccc2)[C@](O)(C(F)(F)F)N1. The summed E-state index contributed by atoms with van der Waals surface area (Å²) in [6.45, 7) is 0. The van der Waals surface area contributed by atoms with E-state index in [1.165, 1.54) is 47.8 Å². The smallest absolute Gasteiger partial charge is 0.363 e. The Morgan fingerprint density at radius 1 is 1.07 bits per heavy atom. The van der Waals surface area contributed by atoms with E-state index in [-0.39, 0.29) is 16.1 Å². The molecule has 1 fully saturated rings. The summed E-state index contributed by atoms with van der Waals surface area (Å²) >= 11 is 6.08. The fourth-order valence-corrected chi connectivity index (χ4v) is 3.36. The van der Waals surface area contributed by atoms with Crippen molar-refractivity contribution in [2.24, 2.45) is 5.92 Å². The first-order chi connectivity index (χ1) is 12.6. The van der Waals surface area contributed by atoms with E-state index >= 15 is 0 Å². The lowest BCUT2D eigenvalue weighted by Gasteiger charge is -2.45. The number of urea groups is 1. The number of amides is 2. The Balaban J connectivity index is 2.19. The van der Waals surface area contributed by atoms with Crippen molar-refractivity contribution in [1.29, 1.82) is 0 Å². The number of hydrogen-bond donors (Lipinski definition) is 3. The second-order valence-corrected chi connectivity index (χ2v) is 6.48. The molecule has 142 valence electrons. The van der Waals surface area contributed by atoms with E-state index in [0.29, 0.717) is 0 Å². The van der Waals surface area contributed by atoms with Crippen molar-refractivity contribution in [2.75, 3.05) is 0 Å². The van der Waals surface area contributed by atoms with Crippen LogP contribution in [0.2, 0.25) is 5.02 Å². The topological polar surface area (TPSA) is 78.4 Å². The lowest BCUT2D eigenvalue weighted by atomic mass is 9.77. The van der Waals surface area contributed by atoms with Crippen LogP contribution in [0.4, 0.5) is 18.0 Å². The Labute approximate surface area is 157 Å². The minimum atomic E-state index is -5.31. The number of carbonyl (C=O) groups is 2. The molecular weight excluding hydrogens is 385 g/mol. The van der Waals surface area contributed by atoms with E-state index in [2.05, 4.69) is 5.32 Å². The first-order valence-electron chi connectivity index (χ1n) is 7.86. The number of carbonyl (C=O) groups excluding carboxylic acids is 2. The maximum Gasteiger partial charge on any atom is 0.437 e. The zero-order valence-electron chi connectivity index (χ0n) is 13.6. The number of halogens is 4. The van der Waals surface area contributed by atoms with Crippen LogP contribution in [0.1, 0.15) is 22.0 Å². The van der Waals surface area contributed by atoms with E-state index < -0.39 is 35.7 Å². The highest BCUT2D eigenvalue weighted by Gasteiger charge is 2.66. The van der Waals surface area contributed by atoms with Crippen molar-refractivity contribution in [1.82, 2.24) is 10.6 Å². The molecule has 0 aliphatic carbocycles. The molecule has 3 N–H and O–H groups in total. The fourth-order valence-electron chi connectivity index (χ4n) is 3.11. The van der Waals surface area contributed by atoms with Crippen molar-refractivity contribution in [2.45, 2.75) is 17.9 Å². The summed E-state index contributed by atoms with van der Waals surface area (Å²) < 4.78 is 41.2. The Morgan fingerprint density at radius 2 is 1.67 bits per heavy atom. The van der Waals surface area contributed by atoms with Gasteiger partial charge in [-0.3, -0.25) is 4.79 Å². The van der Waals surface area contributed by atoms with Crippen LogP contribution in [0.15, 0.2) is 54.6 Å². The molecule has 0 saturated carbocycles. The number of Topliss-reactive ketones (excluding diaryl/α,β-unsaturated/α-hetero) is 1. The van der Waals surface area contributed by atoms with Gasteiger partial charge in [-0.25, -0.2) is 4.79 Å². The second-order valence-electron chi connectivity index (χ2n) is 6.07. The summed E-state index contributed by atoms with van der Waals surface area (Å²) in [5.74, 6) is -3.09. The predicted octanol–water partition coefficient (Wildman–Crippen LogP) is 3.44. The fraction of sp³-hybridized carbons (Fsp3) is 0.222. The Kier molecular flexibility index (Phi) is 4.88. The molecule has 0 radical (unpaired) electrons. The molecule has 3 atom stereocenters. The molecule has 5 nitrogen and oxygen atoms in total. The number of ketones is 1. The monoisotopic (exact) mass is 398 g/mol. The number of aliphatic hydroxyl groups is 1. The van der Waals surface area contributed by atoms with Crippen molar-refractivity contribution in [3.05, 3.63) is 70.7 Å². The molecule has 0 bridgehead atoms. The van der Waals surface area contributed by atoms with E-state index in [1.54, 1.807) is 12.1 Å². The van der Waals surface area contributed by atoms with Crippen LogP contribution in [0.25, 0.3) is 0 Å². The van der Waals surface area contributed by atoms with E-state index in [9.17, 15) is 27.9 Å². The molecular formula is C18H14ClF3N2O3. The number of hydrogen-bond acceptors (Lipinski definition) is 3. The zero-order valence-corrected chi connectivity index (χ0v) is 14.4. The summed E-state index contributed by atoms with van der Waals surface area (Å²) in [6, 6.07) is 10.3. The Bertz CT molecular complexity index is 876. The van der Waals surface area contributed by atoms with E-state index in [4.69, 9.17) is 11.6 Å². The van der Waals surface area contributed by atoms with Crippen molar-refractivity contribution in [3.8, 4) is 0 Å². The molecule has 2 aromatic carbocycles. The molecule has 0 spiro atoms. The van der Waals surface area contributed by atoms with Gasteiger partial charge in [0.1, 0.15) is 5.92 Å². The van der Waals surface area contributed by atoms with Gasteiger partial charge >= 0.3 is 12.2 Å². The van der Waals surface area contributed by atoms with Crippen molar-refractivity contribution in [3.63, 3.8) is 0 Å². The highest BCUT2D eigenvalue weighted by Crippen LogP contribution is 2.45. The largest absolute Gasteiger partial charge is 0.437 e. The van der Waals surface area contributed by atoms with Gasteiger partial charge in [-0.05, 0) is 11.6 Å². The standard InChI is InChI=1S/C18H14ClF3N2O3/c19-12-9-5-4-8-11(12)14-13(15(25)10-6-2-1-3-7-10)17(27,18(20,21)22)24-16(26)23-14/h1-9,13-14,27H,(H2,23,24,26)/t13-,14+,17-/m0/s1. The predicted molar refractivity (Wildman–Crippen MR) is 91.1 cm³/mol. The third kappa shape index (κ3) is 3.38. The summed E-state index contributed by atoms with van der Waals surface area (Å²) in [4.78, 5) is 24.9. The lowest BCUT2D eigenvalue weighted by Crippen LogP contribution is -2.72. The van der Waals surface area contributed by atoms with Gasteiger partial charge in [0.15, 0.2) is 5.78 Å². The number of nitrogens with one attached hydrogen (secondary N) is 2. The average Bonchev–Trinajstić information content (AvgIpc) is 2.61. The van der Waals surface area contributed by atoms with Gasteiger partial charge < -0.3 is 15.7 Å². The van der Waals surface area contributed by atoms with Gasteiger partial charge in [-0.2, -0.15) is 13.2 Å². The van der Waals surface area contributed by atoms with Gasteiger partial charge in [0.05, 0.1) is 6.04 Å². The third-order valence-corrected chi connectivity index (χ3v) is 4.73. The Morgan fingerprint density at radius 3 is 2.26 bits per heavy atom. The van der Waals surface area contributed by atoms with Gasteiger partial charge in [0.2, 0.25) is 5.72 Å². The van der Waals surface area contributed by atoms with Crippen molar-refractivity contribution < 1.29 is 27.9 Å². The van der Waals surface area contributed by atoms with Crippen LogP contribution in [0.5, 0.6) is 0 Å². The average molecular weight is 399 g/mol. The molecule has 27 heavy (non-hydrogen) atoms. The molecule has 2 amide bonds. The molecule has 1 aliphatic heterocycles. The summed E-state index contributed by atoms with van der Waals surface area (Å²) in [5.41, 5.74) is -3.72. The normalized spacial score (nSPS) is 25.4. The highest BCUT2D eigenvalue weighted by molar-refractivity contribution is 6.31. The quantitative estimate of drug-likeness (QED) is 0.693. The molecule has 1 heterocycles. The van der Waals surface area contributed by atoms with Crippen LogP contribution >= 0.6 is 11.6 Å². The van der Waals surface area contributed by atoms with Crippen LogP contribution in [-0.2, 0) is 0 Å². The lowest BCUT2D eigenvalue weighted by molar-refractivity contribution is -0.287. The number of benzene rings is 2. The maximum absolute atomic E-state index is 13.7. The number of rotatable bonds is 3. The van der Waals surface area contributed by atoms with Gasteiger partial charge in [0.25, 0.3) is 0 Å². The first kappa shape index (κ1) is 19.2. The van der Waals surface area contributed by atoms with Crippen LogP contribution in [-0.4, -0.2) is 28.8 Å². The van der Waals surface area contributed by atoms with E-state index in [1.807, 2.05) is 0 Å². The molecule has 3 rings (SSSR count). The first-order valence-corrected chi connectivity index (χ1v) is 8.24. The second kappa shape index (κ2) is 6.86.